The Bertz CT molecular complexity index is 2810. The summed E-state index contributed by atoms with van der Waals surface area (Å²) in [6.07, 6.45) is 16.2. The van der Waals surface area contributed by atoms with Gasteiger partial charge in [-0.25, -0.2) is 4.79 Å². The molecular weight excluding hydrogens is 1170 g/mol. The highest BCUT2D eigenvalue weighted by atomic mass is 16.6. The number of nitrogens with one attached hydrogen (secondary N) is 3. The van der Waals surface area contributed by atoms with Crippen LogP contribution in [0.3, 0.4) is 0 Å². The highest BCUT2D eigenvalue weighted by Gasteiger charge is 2.53. The van der Waals surface area contributed by atoms with Crippen molar-refractivity contribution in [2.24, 2.45) is 41.2 Å². The molecule has 16 atom stereocenters. The molecule has 3 amide bonds. The Balaban J connectivity index is 0.000000567. The number of amides is 3. The van der Waals surface area contributed by atoms with Gasteiger partial charge in [0.05, 0.1) is 37.4 Å². The fourth-order valence-electron chi connectivity index (χ4n) is 12.1. The van der Waals surface area contributed by atoms with Crippen molar-refractivity contribution in [3.63, 3.8) is 0 Å². The van der Waals surface area contributed by atoms with E-state index >= 15 is 0 Å². The molecule has 0 radical (unpaired) electrons. The number of carbonyl (C=O) groups is 8. The van der Waals surface area contributed by atoms with Crippen LogP contribution >= 0.6 is 0 Å². The molecule has 1 aromatic carbocycles. The van der Waals surface area contributed by atoms with E-state index in [2.05, 4.69) is 16.6 Å². The number of fused-ring (bicyclic) bond motifs is 3. The number of piperidine rings is 1. The van der Waals surface area contributed by atoms with E-state index in [1.54, 1.807) is 72.3 Å². The van der Waals surface area contributed by atoms with Gasteiger partial charge >= 0.3 is 11.9 Å². The summed E-state index contributed by atoms with van der Waals surface area (Å²) in [5.74, 6) is -7.00. The lowest BCUT2D eigenvalue weighted by molar-refractivity contribution is -0.265. The number of terminal acetylenes is 1. The largest absolute Gasteiger partial charge is 0.466 e. The fourth-order valence-corrected chi connectivity index (χ4v) is 12.1. The first-order valence-corrected chi connectivity index (χ1v) is 31.9. The maximum Gasteiger partial charge on any atom is 0.329 e. The zero-order valence-electron chi connectivity index (χ0n) is 55.1. The number of anilines is 1. The van der Waals surface area contributed by atoms with Crippen molar-refractivity contribution in [1.82, 2.24) is 10.2 Å². The van der Waals surface area contributed by atoms with Crippen molar-refractivity contribution >= 4 is 58.5 Å². The topological polar surface area (TPSA) is 330 Å². The van der Waals surface area contributed by atoms with E-state index in [-0.39, 0.29) is 92.4 Å². The van der Waals surface area contributed by atoms with Gasteiger partial charge in [0.25, 0.3) is 11.7 Å². The molecule has 3 fully saturated rings. The average molecular weight is 1270 g/mol. The van der Waals surface area contributed by atoms with Crippen molar-refractivity contribution < 1.29 is 82.1 Å². The Kier molecular flexibility index (Phi) is 31.8. The summed E-state index contributed by atoms with van der Waals surface area (Å²) in [5, 5.41) is 46.3. The predicted octanol–water partition coefficient (Wildman–Crippen LogP) is 6.94. The fraction of sp³-hybridized carbons (Fsp3) is 0.638. The lowest BCUT2D eigenvalue weighted by atomic mass is 9.78. The van der Waals surface area contributed by atoms with Gasteiger partial charge in [-0.05, 0) is 138 Å². The Morgan fingerprint density at radius 2 is 1.57 bits per heavy atom. The molecule has 2 bridgehead atoms. The average Bonchev–Trinajstić information content (AvgIpc) is 0.800. The molecule has 0 aromatic heterocycles. The zero-order valence-corrected chi connectivity index (χ0v) is 55.1. The van der Waals surface area contributed by atoms with Crippen LogP contribution in [-0.2, 0) is 66.8 Å². The van der Waals surface area contributed by atoms with Crippen LogP contribution in [0.1, 0.15) is 157 Å². The lowest BCUT2D eigenvalue weighted by Gasteiger charge is -2.42. The molecule has 91 heavy (non-hydrogen) atoms. The Morgan fingerprint density at radius 1 is 0.879 bits per heavy atom. The molecule has 0 unspecified atom stereocenters. The van der Waals surface area contributed by atoms with E-state index in [1.807, 2.05) is 58.1 Å². The lowest BCUT2D eigenvalue weighted by Crippen LogP contribution is -2.61. The number of rotatable bonds is 15. The van der Waals surface area contributed by atoms with Crippen LogP contribution in [0.2, 0.25) is 0 Å². The molecule has 504 valence electrons. The van der Waals surface area contributed by atoms with Crippen LogP contribution in [0, 0.1) is 53.3 Å². The van der Waals surface area contributed by atoms with Gasteiger partial charge < -0.3 is 65.0 Å². The van der Waals surface area contributed by atoms with E-state index in [0.717, 1.165) is 12.0 Å². The monoisotopic (exact) mass is 1270 g/mol. The van der Waals surface area contributed by atoms with Crippen LogP contribution in [0.4, 0.5) is 5.69 Å². The van der Waals surface area contributed by atoms with Crippen LogP contribution in [0.15, 0.2) is 71.9 Å². The first kappa shape index (κ1) is 76.7. The van der Waals surface area contributed by atoms with E-state index < -0.39 is 102 Å². The summed E-state index contributed by atoms with van der Waals surface area (Å²) in [6.45, 7) is 14.6. The molecule has 0 spiro atoms. The number of esters is 2. The number of nitrogens with zero attached hydrogens (tertiary/aromatic N) is 1. The molecule has 3 aliphatic heterocycles. The van der Waals surface area contributed by atoms with Gasteiger partial charge in [-0.15, -0.1) is 6.42 Å². The number of carbonyl (C=O) groups excluding carboxylic acids is 8. The van der Waals surface area contributed by atoms with Gasteiger partial charge in [-0.2, -0.15) is 0 Å². The maximum atomic E-state index is 14.4. The minimum Gasteiger partial charge on any atom is -0.466 e. The predicted molar refractivity (Wildman–Crippen MR) is 342 cm³/mol. The number of amidine groups is 1. The number of methoxy groups -OCH3 is 3. The van der Waals surface area contributed by atoms with Gasteiger partial charge in [0, 0.05) is 82.6 Å². The number of nitrogen functional groups attached to an aromatic ring is 1. The highest BCUT2D eigenvalue weighted by molar-refractivity contribution is 6.39. The Hall–Kier alpha value is -6.71. The second-order valence-corrected chi connectivity index (χ2v) is 24.9. The number of aliphatic hydroxyl groups excluding tert-OH is 2. The van der Waals surface area contributed by atoms with Crippen LogP contribution in [0.5, 0.6) is 0 Å². The summed E-state index contributed by atoms with van der Waals surface area (Å²) in [5.41, 5.74) is 7.70. The standard InChI is InChI=1S/C51H79NO13.C18H22N4O4/c1-30-16-12-11-13-17-31(2)42(61-8)28-38-21-19-36(7)51(60,65-38)48(57)49(58)52-23-15-14-18-39(52)50(59)64-43(33(4)26-37-20-22-40(53)44(27-37)62-9)29-41(54)32(3)25-35(6)46(56)47(63-10)45(55)34(5)24-30;1-3-13(11-17(25)26-4-2)21-15(23)9-10-16(24)22-14-7-5-12(6-8-14)18(19)20/h11-13,16-17,25,30,32-34,36-40,42-44,46-47,53,56,60H,14-15,18-24,26-29H2,1-10H3;1,5-8,13H,4,9-11H2,2H3,(H3,19,20)(H,21,23)(H,22,24)/b13-11+,16-12-,31-17+,35-25+;/t30-,32-,33-,34-,36-,37+,38+,39+,40-,42+,43+,44-,46-,47+,51-;13-/m11/s1. The van der Waals surface area contributed by atoms with E-state index in [9.17, 15) is 53.7 Å². The van der Waals surface area contributed by atoms with Crippen LogP contribution in [-0.4, -0.2) is 168 Å². The summed E-state index contributed by atoms with van der Waals surface area (Å²) in [7, 11) is 4.52. The molecule has 4 aliphatic rings. The Labute approximate surface area is 537 Å². The van der Waals surface area contributed by atoms with Gasteiger partial charge in [0.2, 0.25) is 17.6 Å². The molecule has 8 N–H and O–H groups in total. The molecule has 3 heterocycles. The highest BCUT2D eigenvalue weighted by Crippen LogP contribution is 2.38. The quantitative estimate of drug-likeness (QED) is 0.0233. The van der Waals surface area contributed by atoms with E-state index in [4.69, 9.17) is 46.0 Å². The zero-order chi connectivity index (χ0) is 67.7. The molecule has 1 saturated carbocycles. The number of benzene rings is 1. The number of Topliss-reactive ketones (excluding diaryl/α,β-unsaturated/α-hetero) is 3. The minimum absolute atomic E-state index is 0.0193. The van der Waals surface area contributed by atoms with E-state index in [0.29, 0.717) is 74.6 Å². The number of hydrogen-bond acceptors (Lipinski definition) is 18. The third-order valence-electron chi connectivity index (χ3n) is 17.8. The summed E-state index contributed by atoms with van der Waals surface area (Å²) >= 11 is 0. The molecule has 2 saturated heterocycles. The summed E-state index contributed by atoms with van der Waals surface area (Å²) < 4.78 is 34.1. The van der Waals surface area contributed by atoms with E-state index in [1.165, 1.54) is 12.0 Å². The normalized spacial score (nSPS) is 32.0. The second-order valence-electron chi connectivity index (χ2n) is 24.9. The number of ketones is 3. The summed E-state index contributed by atoms with van der Waals surface area (Å²) in [4.78, 5) is 107. The third kappa shape index (κ3) is 23.4. The van der Waals surface area contributed by atoms with Gasteiger partial charge in [0.1, 0.15) is 42.0 Å². The van der Waals surface area contributed by atoms with Crippen molar-refractivity contribution in [1.29, 1.82) is 5.41 Å². The van der Waals surface area contributed by atoms with Gasteiger partial charge in [-0.3, -0.25) is 39.0 Å². The number of hydrogen-bond donors (Lipinski definition) is 7. The van der Waals surface area contributed by atoms with Crippen LogP contribution < -0.4 is 16.4 Å². The van der Waals surface area contributed by atoms with Crippen molar-refractivity contribution in [2.45, 2.75) is 212 Å². The van der Waals surface area contributed by atoms with Crippen molar-refractivity contribution in [3.05, 3.63) is 77.4 Å². The van der Waals surface area contributed by atoms with Gasteiger partial charge in [0.15, 0.2) is 5.78 Å². The Morgan fingerprint density at radius 3 is 2.21 bits per heavy atom. The number of allylic oxidation sites excluding steroid dienone is 6. The number of ether oxygens (including phenoxy) is 6. The molecule has 5 rings (SSSR count). The van der Waals surface area contributed by atoms with Crippen molar-refractivity contribution in [3.8, 4) is 12.3 Å². The molecule has 22 nitrogen and oxygen atoms in total. The smallest absolute Gasteiger partial charge is 0.329 e. The second kappa shape index (κ2) is 37.7. The van der Waals surface area contributed by atoms with Crippen molar-refractivity contribution in [2.75, 3.05) is 39.8 Å². The molecule has 22 heteroatoms. The first-order chi connectivity index (χ1) is 43.1. The number of cyclic esters (lactones) is 1. The third-order valence-corrected chi connectivity index (χ3v) is 17.8. The minimum atomic E-state index is -2.43. The number of nitrogens with two attached hydrogens (primary N) is 1. The summed E-state index contributed by atoms with van der Waals surface area (Å²) in [6, 6.07) is 4.53. The molecule has 1 aliphatic carbocycles. The number of aliphatic hydroxyl groups is 3. The SMILES string of the molecule is C#C[C@H](CC(=O)OCC)NC(=O)CCC(=O)Nc1ccc(C(=N)N)cc1.CO[C@H]1C[C@@H]2CC[C@@H](C)[C@@](O)(O2)C(=O)C(=O)N2CCCC[C@H]2C(=O)O[C@H]([C@H](C)C[C@@H]2CC[C@@H](O)[C@H](OC)C2)CC(=O)[C@H](C)/C=C(\C)[C@@H](O)[C@@H](OC)C(=O)[C@H](C)C[C@H](C)\C=C/C=C/C=C/1C. The molecule has 1 aromatic rings. The van der Waals surface area contributed by atoms with Crippen LogP contribution in [0.25, 0.3) is 0 Å². The van der Waals surface area contributed by atoms with Gasteiger partial charge in [-0.1, -0.05) is 77.0 Å². The molecular formula is C69H101N5O17. The first-order valence-electron chi connectivity index (χ1n) is 31.9. The maximum absolute atomic E-state index is 14.4.